The van der Waals surface area contributed by atoms with Gasteiger partial charge in [-0.1, -0.05) is 0 Å². The third kappa shape index (κ3) is 2.51. The second-order valence-electron chi connectivity index (χ2n) is 3.56. The van der Waals surface area contributed by atoms with Crippen molar-refractivity contribution in [1.29, 1.82) is 0 Å². The van der Waals surface area contributed by atoms with Gasteiger partial charge in [0.1, 0.15) is 5.75 Å². The highest BCUT2D eigenvalue weighted by Gasteiger charge is 2.07. The number of nitrogens with zero attached hydrogens (tertiary/aromatic N) is 3. The molecule has 0 atom stereocenters. The highest BCUT2D eigenvalue weighted by Crippen LogP contribution is 2.16. The average Bonchev–Trinajstić information content (AvgIpc) is 2.75. The van der Waals surface area contributed by atoms with E-state index in [1.54, 1.807) is 13.0 Å². The molecule has 2 rings (SSSR count). The van der Waals surface area contributed by atoms with E-state index in [0.29, 0.717) is 23.4 Å². The second kappa shape index (κ2) is 4.66. The molecule has 0 fully saturated rings. The van der Waals surface area contributed by atoms with Crippen LogP contribution >= 0.6 is 0 Å². The number of rotatable bonds is 3. The SMILES string of the molecule is Cc1cc(OC(N)=O)cc(-n2cc(C=O)cn2)n1. The summed E-state index contributed by atoms with van der Waals surface area (Å²) in [5.41, 5.74) is 6.00. The molecule has 0 unspecified atom stereocenters. The van der Waals surface area contributed by atoms with E-state index in [0.717, 1.165) is 0 Å². The smallest absolute Gasteiger partial charge is 0.409 e. The number of ether oxygens (including phenoxy) is 1. The van der Waals surface area contributed by atoms with Crippen molar-refractivity contribution < 1.29 is 14.3 Å². The van der Waals surface area contributed by atoms with Crippen LogP contribution in [0.2, 0.25) is 0 Å². The van der Waals surface area contributed by atoms with Crippen LogP contribution in [0.15, 0.2) is 24.5 Å². The maximum atomic E-state index is 10.7. The lowest BCUT2D eigenvalue weighted by Crippen LogP contribution is -2.16. The predicted octanol–water partition coefficient (Wildman–Crippen LogP) is 0.846. The Balaban J connectivity index is 2.40. The van der Waals surface area contributed by atoms with Crippen LogP contribution in [0.3, 0.4) is 0 Å². The second-order valence-corrected chi connectivity index (χ2v) is 3.56. The molecule has 2 aromatic rings. The van der Waals surface area contributed by atoms with Crippen LogP contribution in [-0.4, -0.2) is 27.1 Å². The number of pyridine rings is 1. The summed E-state index contributed by atoms with van der Waals surface area (Å²) in [6, 6.07) is 3.07. The van der Waals surface area contributed by atoms with Crippen LogP contribution in [0.25, 0.3) is 5.82 Å². The van der Waals surface area contributed by atoms with Gasteiger partial charge in [0.15, 0.2) is 12.1 Å². The van der Waals surface area contributed by atoms with Gasteiger partial charge in [-0.3, -0.25) is 4.79 Å². The molecule has 0 spiro atoms. The zero-order valence-electron chi connectivity index (χ0n) is 9.53. The molecule has 7 heteroatoms. The van der Waals surface area contributed by atoms with Gasteiger partial charge in [-0.2, -0.15) is 5.10 Å². The van der Waals surface area contributed by atoms with Crippen LogP contribution in [0.1, 0.15) is 16.1 Å². The molecular weight excluding hydrogens is 236 g/mol. The minimum atomic E-state index is -0.902. The summed E-state index contributed by atoms with van der Waals surface area (Å²) in [6.45, 7) is 1.74. The first-order valence-electron chi connectivity index (χ1n) is 5.04. The van der Waals surface area contributed by atoms with Gasteiger partial charge in [0, 0.05) is 24.0 Å². The van der Waals surface area contributed by atoms with Gasteiger partial charge in [-0.15, -0.1) is 0 Å². The molecular formula is C11H10N4O3. The van der Waals surface area contributed by atoms with E-state index in [-0.39, 0.29) is 5.75 Å². The Morgan fingerprint density at radius 3 is 2.89 bits per heavy atom. The zero-order valence-corrected chi connectivity index (χ0v) is 9.53. The lowest BCUT2D eigenvalue weighted by atomic mass is 10.3. The zero-order chi connectivity index (χ0) is 13.1. The van der Waals surface area contributed by atoms with Crippen LogP contribution in [0, 0.1) is 6.92 Å². The molecule has 0 saturated heterocycles. The molecule has 0 aliphatic rings. The van der Waals surface area contributed by atoms with Crippen LogP contribution in [0.5, 0.6) is 5.75 Å². The highest BCUT2D eigenvalue weighted by molar-refractivity contribution is 5.73. The fourth-order valence-electron chi connectivity index (χ4n) is 1.44. The van der Waals surface area contributed by atoms with Crippen molar-refractivity contribution in [2.75, 3.05) is 0 Å². The van der Waals surface area contributed by atoms with Gasteiger partial charge >= 0.3 is 6.09 Å². The van der Waals surface area contributed by atoms with E-state index in [1.165, 1.54) is 23.1 Å². The molecule has 92 valence electrons. The predicted molar refractivity (Wildman–Crippen MR) is 61.7 cm³/mol. The van der Waals surface area contributed by atoms with Gasteiger partial charge < -0.3 is 10.5 Å². The fraction of sp³-hybridized carbons (Fsp3) is 0.0909. The van der Waals surface area contributed by atoms with Crippen molar-refractivity contribution >= 4 is 12.4 Å². The minimum absolute atomic E-state index is 0.271. The lowest BCUT2D eigenvalue weighted by molar-refractivity contribution is 0.112. The standard InChI is InChI=1S/C11H10N4O3/c1-7-2-9(18-11(12)17)3-10(14-7)15-5-8(6-16)4-13-15/h2-6H,1H3,(H2,12,17). The van der Waals surface area contributed by atoms with Crippen molar-refractivity contribution in [1.82, 2.24) is 14.8 Å². The Bertz CT molecular complexity index is 606. The first kappa shape index (κ1) is 11.8. The third-order valence-corrected chi connectivity index (χ3v) is 2.11. The molecule has 2 aromatic heterocycles. The van der Waals surface area contributed by atoms with E-state index < -0.39 is 6.09 Å². The number of aryl methyl sites for hydroxylation is 1. The summed E-state index contributed by atoms with van der Waals surface area (Å²) in [7, 11) is 0. The van der Waals surface area contributed by atoms with E-state index in [2.05, 4.69) is 10.1 Å². The minimum Gasteiger partial charge on any atom is -0.410 e. The van der Waals surface area contributed by atoms with Gasteiger partial charge in [0.25, 0.3) is 0 Å². The van der Waals surface area contributed by atoms with Gasteiger partial charge in [-0.05, 0) is 6.92 Å². The first-order valence-corrected chi connectivity index (χ1v) is 5.04. The molecule has 1 amide bonds. The largest absolute Gasteiger partial charge is 0.410 e. The average molecular weight is 246 g/mol. The van der Waals surface area contributed by atoms with Crippen molar-refractivity contribution in [3.8, 4) is 11.6 Å². The van der Waals surface area contributed by atoms with Crippen LogP contribution in [-0.2, 0) is 0 Å². The number of amides is 1. The third-order valence-electron chi connectivity index (χ3n) is 2.11. The Hall–Kier alpha value is -2.70. The van der Waals surface area contributed by atoms with E-state index in [4.69, 9.17) is 10.5 Å². The number of carbonyl (C=O) groups excluding carboxylic acids is 2. The maximum Gasteiger partial charge on any atom is 0.409 e. The molecule has 0 saturated carbocycles. The van der Waals surface area contributed by atoms with Crippen LogP contribution < -0.4 is 10.5 Å². The number of hydrogen-bond acceptors (Lipinski definition) is 5. The molecule has 18 heavy (non-hydrogen) atoms. The number of hydrogen-bond donors (Lipinski definition) is 1. The van der Waals surface area contributed by atoms with Crippen molar-refractivity contribution in [3.05, 3.63) is 35.8 Å². The summed E-state index contributed by atoms with van der Waals surface area (Å²) in [6.07, 6.45) is 2.70. The molecule has 2 heterocycles. The molecule has 0 bridgehead atoms. The Morgan fingerprint density at radius 1 is 1.50 bits per heavy atom. The Morgan fingerprint density at radius 2 is 2.28 bits per heavy atom. The monoisotopic (exact) mass is 246 g/mol. The van der Waals surface area contributed by atoms with E-state index in [1.807, 2.05) is 0 Å². The Kier molecular flexibility index (Phi) is 3.05. The van der Waals surface area contributed by atoms with E-state index >= 15 is 0 Å². The summed E-state index contributed by atoms with van der Waals surface area (Å²) in [5.74, 6) is 0.701. The normalized spacial score (nSPS) is 10.1. The number of aromatic nitrogens is 3. The van der Waals surface area contributed by atoms with Gasteiger partial charge in [0.05, 0.1) is 11.8 Å². The topological polar surface area (TPSA) is 100 Å². The van der Waals surface area contributed by atoms with Gasteiger partial charge in [0.2, 0.25) is 0 Å². The van der Waals surface area contributed by atoms with Crippen LogP contribution in [0.4, 0.5) is 4.79 Å². The number of aldehydes is 1. The maximum absolute atomic E-state index is 10.7. The summed E-state index contributed by atoms with van der Waals surface area (Å²) < 4.78 is 6.19. The molecule has 0 aliphatic heterocycles. The summed E-state index contributed by atoms with van der Waals surface area (Å²) in [5, 5.41) is 3.97. The van der Waals surface area contributed by atoms with Crippen molar-refractivity contribution in [3.63, 3.8) is 0 Å². The number of carbonyl (C=O) groups is 2. The highest BCUT2D eigenvalue weighted by atomic mass is 16.5. The van der Waals surface area contributed by atoms with Crippen molar-refractivity contribution in [2.45, 2.75) is 6.92 Å². The summed E-state index contributed by atoms with van der Waals surface area (Å²) >= 11 is 0. The molecule has 0 radical (unpaired) electrons. The number of primary amides is 1. The van der Waals surface area contributed by atoms with Gasteiger partial charge in [-0.25, -0.2) is 14.5 Å². The fourth-order valence-corrected chi connectivity index (χ4v) is 1.44. The molecule has 7 nitrogen and oxygen atoms in total. The van der Waals surface area contributed by atoms with Crippen molar-refractivity contribution in [2.24, 2.45) is 5.73 Å². The van der Waals surface area contributed by atoms with E-state index in [9.17, 15) is 9.59 Å². The molecule has 0 aromatic carbocycles. The molecule has 2 N–H and O–H groups in total. The lowest BCUT2D eigenvalue weighted by Gasteiger charge is -2.05. The Labute approximate surface area is 102 Å². The number of nitrogens with two attached hydrogens (primary N) is 1. The molecule has 0 aliphatic carbocycles. The first-order chi connectivity index (χ1) is 8.58. The quantitative estimate of drug-likeness (QED) is 0.809. The summed E-state index contributed by atoms with van der Waals surface area (Å²) in [4.78, 5) is 25.5.